The Hall–Kier alpha value is -2.14. The minimum Gasteiger partial charge on any atom is -0.399 e. The predicted octanol–water partition coefficient (Wildman–Crippen LogP) is 3.17. The standard InChI is InChI=1S/C15H19N3O2/c1-10(2)14(19-3)15-17-13(20-18-15)9-6-11-4-7-12(16)8-5-11/h4-10,14H,16H2,1-3H3/b9-6+. The number of anilines is 1. The number of hydrogen-bond acceptors (Lipinski definition) is 5. The van der Waals surface area contributed by atoms with Crippen molar-refractivity contribution in [2.75, 3.05) is 12.8 Å². The molecule has 5 heteroatoms. The Morgan fingerprint density at radius 3 is 2.50 bits per heavy atom. The van der Waals surface area contributed by atoms with E-state index >= 15 is 0 Å². The third kappa shape index (κ3) is 3.45. The lowest BCUT2D eigenvalue weighted by Crippen LogP contribution is -2.10. The van der Waals surface area contributed by atoms with Crippen LogP contribution in [0.5, 0.6) is 0 Å². The molecular weight excluding hydrogens is 254 g/mol. The first-order valence-corrected chi connectivity index (χ1v) is 6.50. The molecule has 1 aromatic heterocycles. The van der Waals surface area contributed by atoms with E-state index in [1.54, 1.807) is 13.2 Å². The average molecular weight is 273 g/mol. The molecule has 106 valence electrons. The number of nitrogen functional groups attached to an aromatic ring is 1. The van der Waals surface area contributed by atoms with Crippen LogP contribution in [0.1, 0.15) is 37.2 Å². The highest BCUT2D eigenvalue weighted by molar-refractivity contribution is 5.66. The number of methoxy groups -OCH3 is 1. The van der Waals surface area contributed by atoms with Crippen molar-refractivity contribution in [3.63, 3.8) is 0 Å². The highest BCUT2D eigenvalue weighted by Gasteiger charge is 2.20. The zero-order valence-electron chi connectivity index (χ0n) is 11.9. The summed E-state index contributed by atoms with van der Waals surface area (Å²) in [5.74, 6) is 1.31. The molecule has 0 spiro atoms. The van der Waals surface area contributed by atoms with Crippen molar-refractivity contribution in [2.45, 2.75) is 20.0 Å². The van der Waals surface area contributed by atoms with E-state index in [-0.39, 0.29) is 12.0 Å². The van der Waals surface area contributed by atoms with Crippen molar-refractivity contribution < 1.29 is 9.26 Å². The van der Waals surface area contributed by atoms with Gasteiger partial charge in [0.2, 0.25) is 5.82 Å². The molecule has 20 heavy (non-hydrogen) atoms. The monoisotopic (exact) mass is 273 g/mol. The molecule has 0 amide bonds. The maximum atomic E-state index is 5.64. The number of nitrogens with zero attached hydrogens (tertiary/aromatic N) is 2. The summed E-state index contributed by atoms with van der Waals surface area (Å²) in [7, 11) is 1.64. The highest BCUT2D eigenvalue weighted by Crippen LogP contribution is 2.22. The Balaban J connectivity index is 2.11. The summed E-state index contributed by atoms with van der Waals surface area (Å²) in [5, 5.41) is 3.95. The molecule has 0 saturated carbocycles. The van der Waals surface area contributed by atoms with Gasteiger partial charge in [-0.3, -0.25) is 0 Å². The SMILES string of the molecule is COC(c1noc(/C=C/c2ccc(N)cc2)n1)C(C)C. The molecule has 0 fully saturated rings. The molecule has 1 aromatic carbocycles. The van der Waals surface area contributed by atoms with Gasteiger partial charge < -0.3 is 15.0 Å². The molecule has 0 aliphatic rings. The quantitative estimate of drug-likeness (QED) is 0.847. The lowest BCUT2D eigenvalue weighted by atomic mass is 10.1. The fourth-order valence-electron chi connectivity index (χ4n) is 1.88. The number of hydrogen-bond donors (Lipinski definition) is 1. The van der Waals surface area contributed by atoms with Crippen LogP contribution in [0.3, 0.4) is 0 Å². The second-order valence-corrected chi connectivity index (χ2v) is 4.89. The molecule has 0 aliphatic carbocycles. The molecule has 5 nitrogen and oxygen atoms in total. The summed E-state index contributed by atoms with van der Waals surface area (Å²) in [6.45, 7) is 4.10. The number of ether oxygens (including phenoxy) is 1. The average Bonchev–Trinajstić information content (AvgIpc) is 2.87. The summed E-state index contributed by atoms with van der Waals surface area (Å²) in [5.41, 5.74) is 7.39. The molecule has 1 heterocycles. The first-order chi connectivity index (χ1) is 9.60. The Morgan fingerprint density at radius 2 is 1.90 bits per heavy atom. The van der Waals surface area contributed by atoms with Gasteiger partial charge in [0.05, 0.1) is 0 Å². The van der Waals surface area contributed by atoms with Crippen LogP contribution >= 0.6 is 0 Å². The van der Waals surface area contributed by atoms with E-state index in [4.69, 9.17) is 15.0 Å². The molecule has 2 aromatic rings. The first-order valence-electron chi connectivity index (χ1n) is 6.50. The molecule has 0 radical (unpaired) electrons. The maximum Gasteiger partial charge on any atom is 0.250 e. The molecule has 1 unspecified atom stereocenters. The lowest BCUT2D eigenvalue weighted by molar-refractivity contribution is 0.0555. The second-order valence-electron chi connectivity index (χ2n) is 4.89. The van der Waals surface area contributed by atoms with Crippen LogP contribution in [0.2, 0.25) is 0 Å². The van der Waals surface area contributed by atoms with Crippen LogP contribution in [0.15, 0.2) is 28.8 Å². The van der Waals surface area contributed by atoms with Crippen molar-refractivity contribution >= 4 is 17.8 Å². The molecule has 2 rings (SSSR count). The van der Waals surface area contributed by atoms with Crippen molar-refractivity contribution in [2.24, 2.45) is 5.92 Å². The van der Waals surface area contributed by atoms with Gasteiger partial charge in [0.25, 0.3) is 5.89 Å². The first kappa shape index (κ1) is 14.3. The van der Waals surface area contributed by atoms with Gasteiger partial charge in [-0.2, -0.15) is 4.98 Å². The van der Waals surface area contributed by atoms with Crippen LogP contribution in [0.4, 0.5) is 5.69 Å². The minimum atomic E-state index is -0.155. The molecule has 0 bridgehead atoms. The minimum absolute atomic E-state index is 0.155. The van der Waals surface area contributed by atoms with Crippen molar-refractivity contribution in [3.8, 4) is 0 Å². The van der Waals surface area contributed by atoms with Crippen LogP contribution in [0, 0.1) is 5.92 Å². The van der Waals surface area contributed by atoms with Crippen molar-refractivity contribution in [1.82, 2.24) is 10.1 Å². The van der Waals surface area contributed by atoms with Crippen LogP contribution < -0.4 is 5.73 Å². The number of nitrogens with two attached hydrogens (primary N) is 1. The largest absolute Gasteiger partial charge is 0.399 e. The zero-order chi connectivity index (χ0) is 14.5. The van der Waals surface area contributed by atoms with E-state index in [9.17, 15) is 0 Å². The lowest BCUT2D eigenvalue weighted by Gasteiger charge is -2.14. The van der Waals surface area contributed by atoms with Gasteiger partial charge in [0, 0.05) is 18.9 Å². The normalized spacial score (nSPS) is 13.2. The van der Waals surface area contributed by atoms with Gasteiger partial charge in [0.1, 0.15) is 6.10 Å². The summed E-state index contributed by atoms with van der Waals surface area (Å²) in [6, 6.07) is 7.54. The van der Waals surface area contributed by atoms with Gasteiger partial charge in [-0.05, 0) is 29.7 Å². The van der Waals surface area contributed by atoms with Crippen LogP contribution in [-0.4, -0.2) is 17.3 Å². The highest BCUT2D eigenvalue weighted by atomic mass is 16.5. The van der Waals surface area contributed by atoms with E-state index in [2.05, 4.69) is 24.0 Å². The van der Waals surface area contributed by atoms with E-state index in [1.807, 2.05) is 30.3 Å². The van der Waals surface area contributed by atoms with Gasteiger partial charge >= 0.3 is 0 Å². The fraction of sp³-hybridized carbons (Fsp3) is 0.333. The zero-order valence-corrected chi connectivity index (χ0v) is 11.9. The Morgan fingerprint density at radius 1 is 1.20 bits per heavy atom. The predicted molar refractivity (Wildman–Crippen MR) is 78.7 cm³/mol. The topological polar surface area (TPSA) is 74.2 Å². The second kappa shape index (κ2) is 6.34. The van der Waals surface area contributed by atoms with Crippen LogP contribution in [0.25, 0.3) is 12.2 Å². The van der Waals surface area contributed by atoms with Crippen molar-refractivity contribution in [1.29, 1.82) is 0 Å². The Labute approximate surface area is 118 Å². The fourth-order valence-corrected chi connectivity index (χ4v) is 1.88. The van der Waals surface area contributed by atoms with Crippen molar-refractivity contribution in [3.05, 3.63) is 41.5 Å². The van der Waals surface area contributed by atoms with Gasteiger partial charge in [-0.15, -0.1) is 0 Å². The van der Waals surface area contributed by atoms with Crippen LogP contribution in [-0.2, 0) is 4.74 Å². The summed E-state index contributed by atoms with van der Waals surface area (Å²) >= 11 is 0. The number of rotatable bonds is 5. The molecule has 0 aliphatic heterocycles. The van der Waals surface area contributed by atoms with Gasteiger partial charge in [0.15, 0.2) is 0 Å². The van der Waals surface area contributed by atoms with E-state index < -0.39 is 0 Å². The molecule has 2 N–H and O–H groups in total. The number of aromatic nitrogens is 2. The third-order valence-corrected chi connectivity index (χ3v) is 2.93. The number of benzene rings is 1. The van der Waals surface area contributed by atoms with E-state index in [1.165, 1.54) is 0 Å². The Kier molecular flexibility index (Phi) is 4.53. The van der Waals surface area contributed by atoms with Gasteiger partial charge in [-0.1, -0.05) is 31.1 Å². The van der Waals surface area contributed by atoms with E-state index in [0.29, 0.717) is 11.7 Å². The maximum absolute atomic E-state index is 5.64. The van der Waals surface area contributed by atoms with Gasteiger partial charge in [-0.25, -0.2) is 0 Å². The summed E-state index contributed by atoms with van der Waals surface area (Å²) in [6.07, 6.45) is 3.51. The van der Waals surface area contributed by atoms with E-state index in [0.717, 1.165) is 11.3 Å². The summed E-state index contributed by atoms with van der Waals surface area (Å²) < 4.78 is 10.6. The molecular formula is C15H19N3O2. The molecule has 0 saturated heterocycles. The molecule has 1 atom stereocenters. The smallest absolute Gasteiger partial charge is 0.250 e. The summed E-state index contributed by atoms with van der Waals surface area (Å²) in [4.78, 5) is 4.32. The Bertz CT molecular complexity index is 573. The third-order valence-electron chi connectivity index (χ3n) is 2.93.